The molecular weight excluding hydrogens is 248 g/mol. The van der Waals surface area contributed by atoms with E-state index in [0.717, 1.165) is 5.69 Å². The number of nitrogens with zero attached hydrogens (tertiary/aromatic N) is 1. The highest BCUT2D eigenvalue weighted by atomic mass is 16.5. The lowest BCUT2D eigenvalue weighted by Crippen LogP contribution is -2.13. The number of aryl methyl sites for hydroxylation is 1. The van der Waals surface area contributed by atoms with Crippen LogP contribution in [0.25, 0.3) is 0 Å². The second kappa shape index (κ2) is 5.43. The first-order valence-electron chi connectivity index (χ1n) is 5.63. The molecule has 0 saturated carbocycles. The number of nitrogens with two attached hydrogens (primary N) is 1. The van der Waals surface area contributed by atoms with Crippen LogP contribution in [0.15, 0.2) is 28.8 Å². The molecule has 1 aromatic heterocycles. The van der Waals surface area contributed by atoms with Crippen LogP contribution in [0.2, 0.25) is 0 Å². The SMILES string of the molecule is COc1ccc(C(N)=O)c(OCc2cc(C)no2)c1. The number of methoxy groups -OCH3 is 1. The minimum Gasteiger partial charge on any atom is -0.497 e. The van der Waals surface area contributed by atoms with Gasteiger partial charge in [0.15, 0.2) is 5.76 Å². The van der Waals surface area contributed by atoms with Gasteiger partial charge in [0, 0.05) is 12.1 Å². The van der Waals surface area contributed by atoms with Crippen molar-refractivity contribution in [3.63, 3.8) is 0 Å². The molecular formula is C13H14N2O4. The zero-order valence-corrected chi connectivity index (χ0v) is 10.7. The number of amides is 1. The molecule has 1 aromatic carbocycles. The van der Waals surface area contributed by atoms with Gasteiger partial charge in [-0.3, -0.25) is 4.79 Å². The molecule has 6 nitrogen and oxygen atoms in total. The van der Waals surface area contributed by atoms with Crippen LogP contribution in [0.3, 0.4) is 0 Å². The van der Waals surface area contributed by atoms with Crippen LogP contribution in [0.5, 0.6) is 11.5 Å². The lowest BCUT2D eigenvalue weighted by atomic mass is 10.2. The van der Waals surface area contributed by atoms with Crippen LogP contribution in [-0.4, -0.2) is 18.2 Å². The van der Waals surface area contributed by atoms with Crippen molar-refractivity contribution in [2.75, 3.05) is 7.11 Å². The van der Waals surface area contributed by atoms with Crippen LogP contribution in [0.1, 0.15) is 21.8 Å². The van der Waals surface area contributed by atoms with Gasteiger partial charge < -0.3 is 19.7 Å². The molecule has 0 radical (unpaired) electrons. The van der Waals surface area contributed by atoms with Gasteiger partial charge in [0.05, 0.1) is 18.4 Å². The third-order valence-corrected chi connectivity index (χ3v) is 2.50. The summed E-state index contributed by atoms with van der Waals surface area (Å²) in [4.78, 5) is 11.3. The summed E-state index contributed by atoms with van der Waals surface area (Å²) in [6.45, 7) is 1.97. The summed E-state index contributed by atoms with van der Waals surface area (Å²) in [5, 5.41) is 3.75. The molecule has 2 N–H and O–H groups in total. The monoisotopic (exact) mass is 262 g/mol. The normalized spacial score (nSPS) is 10.2. The highest BCUT2D eigenvalue weighted by molar-refractivity contribution is 5.95. The molecule has 100 valence electrons. The van der Waals surface area contributed by atoms with Gasteiger partial charge in [-0.05, 0) is 19.1 Å². The summed E-state index contributed by atoms with van der Waals surface area (Å²) < 4.78 is 15.6. The largest absolute Gasteiger partial charge is 0.497 e. The predicted molar refractivity (Wildman–Crippen MR) is 67.1 cm³/mol. The number of carbonyl (C=O) groups excluding carboxylic acids is 1. The van der Waals surface area contributed by atoms with Crippen molar-refractivity contribution >= 4 is 5.91 Å². The van der Waals surface area contributed by atoms with Crippen molar-refractivity contribution in [2.24, 2.45) is 5.73 Å². The first-order chi connectivity index (χ1) is 9.10. The fourth-order valence-electron chi connectivity index (χ4n) is 1.59. The van der Waals surface area contributed by atoms with Crippen LogP contribution >= 0.6 is 0 Å². The average Bonchev–Trinajstić information content (AvgIpc) is 2.81. The Kier molecular flexibility index (Phi) is 3.70. The van der Waals surface area contributed by atoms with E-state index < -0.39 is 5.91 Å². The molecule has 0 fully saturated rings. The number of ether oxygens (including phenoxy) is 2. The highest BCUT2D eigenvalue weighted by Gasteiger charge is 2.12. The quantitative estimate of drug-likeness (QED) is 0.885. The Morgan fingerprint density at radius 2 is 2.21 bits per heavy atom. The van der Waals surface area contributed by atoms with E-state index in [1.807, 2.05) is 6.92 Å². The molecule has 1 amide bonds. The van der Waals surface area contributed by atoms with Crippen molar-refractivity contribution in [1.82, 2.24) is 5.16 Å². The number of carbonyl (C=O) groups is 1. The summed E-state index contributed by atoms with van der Waals surface area (Å²) in [6, 6.07) is 6.56. The average molecular weight is 262 g/mol. The lowest BCUT2D eigenvalue weighted by Gasteiger charge is -2.09. The second-order valence-corrected chi connectivity index (χ2v) is 3.95. The van der Waals surface area contributed by atoms with Gasteiger partial charge in [0.2, 0.25) is 0 Å². The van der Waals surface area contributed by atoms with Gasteiger partial charge in [-0.2, -0.15) is 0 Å². The molecule has 0 bridgehead atoms. The van der Waals surface area contributed by atoms with E-state index in [1.54, 1.807) is 24.3 Å². The molecule has 6 heteroatoms. The topological polar surface area (TPSA) is 87.6 Å². The van der Waals surface area contributed by atoms with Crippen LogP contribution < -0.4 is 15.2 Å². The second-order valence-electron chi connectivity index (χ2n) is 3.95. The van der Waals surface area contributed by atoms with Gasteiger partial charge in [-0.1, -0.05) is 5.16 Å². The van der Waals surface area contributed by atoms with Crippen molar-refractivity contribution in [3.8, 4) is 11.5 Å². The Labute approximate surface area is 110 Å². The molecule has 2 rings (SSSR count). The van der Waals surface area contributed by atoms with Gasteiger partial charge >= 0.3 is 0 Å². The van der Waals surface area contributed by atoms with E-state index in [4.69, 9.17) is 19.7 Å². The predicted octanol–water partition coefficient (Wildman–Crippen LogP) is 1.67. The molecule has 0 saturated heterocycles. The van der Waals surface area contributed by atoms with Gasteiger partial charge in [0.1, 0.15) is 18.1 Å². The zero-order valence-electron chi connectivity index (χ0n) is 10.7. The first-order valence-corrected chi connectivity index (χ1v) is 5.63. The summed E-state index contributed by atoms with van der Waals surface area (Å²) in [7, 11) is 1.53. The molecule has 0 spiro atoms. The molecule has 0 aliphatic heterocycles. The Bertz CT molecular complexity index is 592. The molecule has 0 atom stereocenters. The third kappa shape index (κ3) is 3.04. The Morgan fingerprint density at radius 3 is 2.79 bits per heavy atom. The Hall–Kier alpha value is -2.50. The van der Waals surface area contributed by atoms with Gasteiger partial charge in [0.25, 0.3) is 5.91 Å². The Balaban J connectivity index is 2.19. The van der Waals surface area contributed by atoms with Crippen LogP contribution in [-0.2, 0) is 6.61 Å². The smallest absolute Gasteiger partial charge is 0.252 e. The van der Waals surface area contributed by atoms with Gasteiger partial charge in [-0.15, -0.1) is 0 Å². The minimum atomic E-state index is -0.564. The molecule has 2 aromatic rings. The van der Waals surface area contributed by atoms with Crippen LogP contribution in [0.4, 0.5) is 0 Å². The van der Waals surface area contributed by atoms with E-state index in [9.17, 15) is 4.79 Å². The summed E-state index contributed by atoms with van der Waals surface area (Å²) >= 11 is 0. The summed E-state index contributed by atoms with van der Waals surface area (Å²) in [5.74, 6) is 0.928. The van der Waals surface area contributed by atoms with E-state index in [1.165, 1.54) is 7.11 Å². The molecule has 0 unspecified atom stereocenters. The van der Waals surface area contributed by atoms with Crippen molar-refractivity contribution in [3.05, 3.63) is 41.3 Å². The minimum absolute atomic E-state index is 0.161. The number of aromatic nitrogens is 1. The summed E-state index contributed by atoms with van der Waals surface area (Å²) in [6.07, 6.45) is 0. The van der Waals surface area contributed by atoms with E-state index in [-0.39, 0.29) is 12.2 Å². The van der Waals surface area contributed by atoms with Crippen molar-refractivity contribution < 1.29 is 18.8 Å². The molecule has 19 heavy (non-hydrogen) atoms. The number of rotatable bonds is 5. The third-order valence-electron chi connectivity index (χ3n) is 2.50. The lowest BCUT2D eigenvalue weighted by molar-refractivity contribution is 0.0995. The number of benzene rings is 1. The van der Waals surface area contributed by atoms with Crippen molar-refractivity contribution in [2.45, 2.75) is 13.5 Å². The molecule has 0 aliphatic rings. The number of primary amides is 1. The maximum absolute atomic E-state index is 11.3. The fourth-order valence-corrected chi connectivity index (χ4v) is 1.59. The van der Waals surface area contributed by atoms with E-state index >= 15 is 0 Å². The van der Waals surface area contributed by atoms with Gasteiger partial charge in [-0.25, -0.2) is 0 Å². The highest BCUT2D eigenvalue weighted by Crippen LogP contribution is 2.25. The number of hydrogen-bond acceptors (Lipinski definition) is 5. The van der Waals surface area contributed by atoms with Crippen molar-refractivity contribution in [1.29, 1.82) is 0 Å². The fraction of sp³-hybridized carbons (Fsp3) is 0.231. The zero-order chi connectivity index (χ0) is 13.8. The van der Waals surface area contributed by atoms with E-state index in [2.05, 4.69) is 5.16 Å². The number of hydrogen-bond donors (Lipinski definition) is 1. The maximum Gasteiger partial charge on any atom is 0.252 e. The standard InChI is InChI=1S/C13H14N2O4/c1-8-5-10(19-15-8)7-18-12-6-9(17-2)3-4-11(12)13(14)16/h3-6H,7H2,1-2H3,(H2,14,16). The van der Waals surface area contributed by atoms with E-state index in [0.29, 0.717) is 17.3 Å². The summed E-state index contributed by atoms with van der Waals surface area (Å²) in [5.41, 5.74) is 6.34. The molecule has 0 aliphatic carbocycles. The van der Waals surface area contributed by atoms with Crippen LogP contribution in [0, 0.1) is 6.92 Å². The first kappa shape index (κ1) is 12.9. The molecule has 1 heterocycles. The Morgan fingerprint density at radius 1 is 1.42 bits per heavy atom. The maximum atomic E-state index is 11.3.